The van der Waals surface area contributed by atoms with Crippen LogP contribution >= 0.6 is 0 Å². The van der Waals surface area contributed by atoms with Crippen molar-refractivity contribution in [3.05, 3.63) is 34.9 Å². The highest BCUT2D eigenvalue weighted by Gasteiger charge is 2.40. The Morgan fingerprint density at radius 2 is 1.91 bits per heavy atom. The van der Waals surface area contributed by atoms with E-state index < -0.39 is 11.7 Å². The first-order valence-electron chi connectivity index (χ1n) is 11.0. The van der Waals surface area contributed by atoms with Gasteiger partial charge in [-0.1, -0.05) is 6.07 Å². The summed E-state index contributed by atoms with van der Waals surface area (Å²) >= 11 is 0. The molecule has 3 heterocycles. The third-order valence-electron chi connectivity index (χ3n) is 6.75. The number of benzene rings is 1. The molecular formula is C23H27F3N2O4. The van der Waals surface area contributed by atoms with Crippen LogP contribution in [0.3, 0.4) is 0 Å². The second kappa shape index (κ2) is 8.84. The summed E-state index contributed by atoms with van der Waals surface area (Å²) in [7, 11) is 0. The summed E-state index contributed by atoms with van der Waals surface area (Å²) in [5, 5.41) is 0. The number of urea groups is 1. The van der Waals surface area contributed by atoms with Gasteiger partial charge in [0, 0.05) is 44.1 Å². The summed E-state index contributed by atoms with van der Waals surface area (Å²) in [5.74, 6) is 0.0109. The lowest BCUT2D eigenvalue weighted by molar-refractivity contribution is -0.140. The van der Waals surface area contributed by atoms with Gasteiger partial charge in [-0.2, -0.15) is 13.2 Å². The normalized spacial score (nSPS) is 24.2. The quantitative estimate of drug-likeness (QED) is 0.655. The molecule has 3 fully saturated rings. The largest absolute Gasteiger partial charge is 0.416 e. The number of ketones is 2. The monoisotopic (exact) mass is 452 g/mol. The highest BCUT2D eigenvalue weighted by molar-refractivity contribution is 5.95. The second-order valence-corrected chi connectivity index (χ2v) is 9.11. The van der Waals surface area contributed by atoms with E-state index in [1.807, 2.05) is 0 Å². The fraction of sp³-hybridized carbons (Fsp3) is 0.609. The molecule has 174 valence electrons. The number of halogens is 3. The van der Waals surface area contributed by atoms with Crippen molar-refractivity contribution in [2.24, 2.45) is 11.8 Å². The van der Waals surface area contributed by atoms with Crippen molar-refractivity contribution in [2.75, 3.05) is 32.8 Å². The fourth-order valence-corrected chi connectivity index (χ4v) is 4.92. The van der Waals surface area contributed by atoms with Crippen LogP contribution in [0.25, 0.3) is 0 Å². The van der Waals surface area contributed by atoms with E-state index in [9.17, 15) is 27.6 Å². The molecule has 0 N–H and O–H groups in total. The molecule has 6 nitrogen and oxygen atoms in total. The molecule has 0 spiro atoms. The molecule has 2 amide bonds. The number of hydrogen-bond donors (Lipinski definition) is 0. The zero-order valence-corrected chi connectivity index (χ0v) is 18.0. The van der Waals surface area contributed by atoms with Crippen LogP contribution < -0.4 is 0 Å². The number of alkyl halides is 3. The van der Waals surface area contributed by atoms with Crippen LogP contribution in [0.5, 0.6) is 0 Å². The van der Waals surface area contributed by atoms with Crippen LogP contribution in [0.15, 0.2) is 18.2 Å². The van der Waals surface area contributed by atoms with Crippen LogP contribution in [-0.4, -0.2) is 66.3 Å². The summed E-state index contributed by atoms with van der Waals surface area (Å²) < 4.78 is 44.4. The maximum Gasteiger partial charge on any atom is 0.416 e. The van der Waals surface area contributed by atoms with Gasteiger partial charge in [0.2, 0.25) is 0 Å². The minimum Gasteiger partial charge on any atom is -0.370 e. The number of Topliss-reactive ketones (excluding diaryl/α,β-unsaturated/α-hetero) is 2. The van der Waals surface area contributed by atoms with Gasteiger partial charge in [-0.15, -0.1) is 0 Å². The highest BCUT2D eigenvalue weighted by Crippen LogP contribution is 2.32. The first kappa shape index (κ1) is 22.8. The average molecular weight is 452 g/mol. The standard InChI is InChI=1S/C23H27F3N2O4/c1-14(29)20-9-18(23(24,25)26)5-4-16(20)3-2-15-10-28(11-15)22(31)27-7-6-21-17(12-27)8-19(30)13-32-21/h4-5,9,15,17,21H,2-3,6-8,10-13H2,1H3/t17-,21+/m1/s1. The van der Waals surface area contributed by atoms with E-state index in [2.05, 4.69) is 0 Å². The van der Waals surface area contributed by atoms with Crippen LogP contribution in [-0.2, 0) is 22.1 Å². The first-order valence-corrected chi connectivity index (χ1v) is 11.0. The number of aryl methyl sites for hydroxylation is 1. The molecule has 9 heteroatoms. The lowest BCUT2D eigenvalue weighted by Gasteiger charge is -2.46. The number of piperidine rings is 1. The zero-order chi connectivity index (χ0) is 23.0. The summed E-state index contributed by atoms with van der Waals surface area (Å²) in [4.78, 5) is 39.9. The smallest absolute Gasteiger partial charge is 0.370 e. The molecule has 4 rings (SSSR count). The molecule has 3 saturated heterocycles. The Kier molecular flexibility index (Phi) is 6.29. The van der Waals surface area contributed by atoms with Gasteiger partial charge in [-0.3, -0.25) is 9.59 Å². The van der Waals surface area contributed by atoms with Crippen LogP contribution in [0.1, 0.15) is 47.7 Å². The topological polar surface area (TPSA) is 66.9 Å². The molecule has 1 aromatic carbocycles. The summed E-state index contributed by atoms with van der Waals surface area (Å²) in [5.41, 5.74) is -0.0979. The summed E-state index contributed by atoms with van der Waals surface area (Å²) in [6.45, 7) is 3.78. The summed E-state index contributed by atoms with van der Waals surface area (Å²) in [6.07, 6.45) is -2.04. The van der Waals surface area contributed by atoms with Crippen molar-refractivity contribution in [1.82, 2.24) is 9.80 Å². The highest BCUT2D eigenvalue weighted by atomic mass is 19.4. The number of carbonyl (C=O) groups excluding carboxylic acids is 3. The predicted octanol–water partition coefficient (Wildman–Crippen LogP) is 3.57. The maximum absolute atomic E-state index is 12.9. The summed E-state index contributed by atoms with van der Waals surface area (Å²) in [6, 6.07) is 3.30. The predicted molar refractivity (Wildman–Crippen MR) is 109 cm³/mol. The van der Waals surface area contributed by atoms with E-state index in [0.717, 1.165) is 18.6 Å². The van der Waals surface area contributed by atoms with Crippen LogP contribution in [0.4, 0.5) is 18.0 Å². The van der Waals surface area contributed by atoms with Gasteiger partial charge in [0.15, 0.2) is 11.6 Å². The van der Waals surface area contributed by atoms with Crippen LogP contribution in [0.2, 0.25) is 0 Å². The fourth-order valence-electron chi connectivity index (χ4n) is 4.92. The second-order valence-electron chi connectivity index (χ2n) is 9.11. The Morgan fingerprint density at radius 3 is 2.59 bits per heavy atom. The third kappa shape index (κ3) is 4.82. The van der Waals surface area contributed by atoms with E-state index in [1.165, 1.54) is 13.0 Å². The minimum atomic E-state index is -4.48. The molecule has 3 aliphatic rings. The van der Waals surface area contributed by atoms with Gasteiger partial charge in [0.05, 0.1) is 11.7 Å². The Hall–Kier alpha value is -2.42. The lowest BCUT2D eigenvalue weighted by atomic mass is 9.87. The number of likely N-dealkylation sites (tertiary alicyclic amines) is 2. The SMILES string of the molecule is CC(=O)c1cc(C(F)(F)F)ccc1CCC1CN(C(=O)N2CC[C@@H]3OCC(=O)C[C@@H]3C2)C1. The number of carbonyl (C=O) groups is 3. The molecule has 0 aliphatic carbocycles. The number of hydrogen-bond acceptors (Lipinski definition) is 4. The van der Waals surface area contributed by atoms with E-state index >= 15 is 0 Å². The number of ether oxygens (including phenoxy) is 1. The number of fused-ring (bicyclic) bond motifs is 1. The molecule has 0 aromatic heterocycles. The van der Waals surface area contributed by atoms with Gasteiger partial charge in [0.25, 0.3) is 0 Å². The molecule has 2 atom stereocenters. The minimum absolute atomic E-state index is 0.0309. The molecule has 0 bridgehead atoms. The molecule has 0 saturated carbocycles. The molecular weight excluding hydrogens is 425 g/mol. The van der Waals surface area contributed by atoms with Crippen molar-refractivity contribution in [3.63, 3.8) is 0 Å². The van der Waals surface area contributed by atoms with E-state index in [-0.39, 0.29) is 47.7 Å². The lowest BCUT2D eigenvalue weighted by Crippen LogP contribution is -2.58. The van der Waals surface area contributed by atoms with Crippen molar-refractivity contribution in [1.29, 1.82) is 0 Å². The molecule has 0 unspecified atom stereocenters. The van der Waals surface area contributed by atoms with Crippen molar-refractivity contribution >= 4 is 17.6 Å². The number of amides is 2. The van der Waals surface area contributed by atoms with Crippen LogP contribution in [0, 0.1) is 11.8 Å². The molecule has 1 aromatic rings. The molecule has 3 aliphatic heterocycles. The van der Waals surface area contributed by atoms with Crippen molar-refractivity contribution in [3.8, 4) is 0 Å². The van der Waals surface area contributed by atoms with E-state index in [4.69, 9.17) is 4.74 Å². The van der Waals surface area contributed by atoms with Gasteiger partial charge in [-0.25, -0.2) is 4.79 Å². The van der Waals surface area contributed by atoms with Gasteiger partial charge in [0.1, 0.15) is 6.61 Å². The van der Waals surface area contributed by atoms with Crippen molar-refractivity contribution < 1.29 is 32.3 Å². The molecule has 32 heavy (non-hydrogen) atoms. The van der Waals surface area contributed by atoms with Gasteiger partial charge < -0.3 is 14.5 Å². The average Bonchev–Trinajstić information content (AvgIpc) is 2.71. The van der Waals surface area contributed by atoms with Gasteiger partial charge in [-0.05, 0) is 49.8 Å². The zero-order valence-electron chi connectivity index (χ0n) is 18.0. The Morgan fingerprint density at radius 1 is 1.16 bits per heavy atom. The Balaban J connectivity index is 1.28. The molecule has 0 radical (unpaired) electrons. The van der Waals surface area contributed by atoms with E-state index in [0.29, 0.717) is 51.0 Å². The number of rotatable bonds is 4. The Bertz CT molecular complexity index is 911. The van der Waals surface area contributed by atoms with E-state index in [1.54, 1.807) is 9.80 Å². The number of nitrogens with zero attached hydrogens (tertiary/aromatic N) is 2. The first-order chi connectivity index (χ1) is 15.1. The maximum atomic E-state index is 12.9. The van der Waals surface area contributed by atoms with Crippen molar-refractivity contribution in [2.45, 2.75) is 44.9 Å². The third-order valence-corrected chi connectivity index (χ3v) is 6.75. The Labute approximate surface area is 184 Å². The van der Waals surface area contributed by atoms with Gasteiger partial charge >= 0.3 is 12.2 Å².